The molecule has 2 aliphatic rings. The van der Waals surface area contributed by atoms with E-state index in [2.05, 4.69) is 22.0 Å². The molecule has 0 aliphatic carbocycles. The Morgan fingerprint density at radius 2 is 1.68 bits per heavy atom. The molecular weight excluding hydrogens is 316 g/mol. The first-order chi connectivity index (χ1) is 12.3. The molecule has 0 aromatic heterocycles. The first-order valence-corrected chi connectivity index (χ1v) is 8.30. The Bertz CT molecular complexity index is 820. The topological polar surface area (TPSA) is 51.1 Å². The summed E-state index contributed by atoms with van der Waals surface area (Å²) < 4.78 is 10.6. The van der Waals surface area contributed by atoms with Gasteiger partial charge in [0.1, 0.15) is 0 Å². The van der Waals surface area contributed by atoms with Gasteiger partial charge in [0.25, 0.3) is 0 Å². The Morgan fingerprint density at radius 3 is 2.40 bits per heavy atom. The third kappa shape index (κ3) is 3.46. The molecule has 126 valence electrons. The van der Waals surface area contributed by atoms with Crippen molar-refractivity contribution in [1.29, 1.82) is 0 Å². The highest BCUT2D eigenvalue weighted by Crippen LogP contribution is 2.21. The molecule has 0 saturated carbocycles. The van der Waals surface area contributed by atoms with Gasteiger partial charge in [-0.1, -0.05) is 30.3 Å². The number of morpholine rings is 1. The summed E-state index contributed by atoms with van der Waals surface area (Å²) in [5.74, 6) is -0.0714. The minimum atomic E-state index is -0.420. The summed E-state index contributed by atoms with van der Waals surface area (Å²) in [7, 11) is 0. The van der Waals surface area contributed by atoms with Crippen LogP contribution >= 0.6 is 0 Å². The third-order valence-electron chi connectivity index (χ3n) is 4.21. The summed E-state index contributed by atoms with van der Waals surface area (Å²) in [6.07, 6.45) is 1.75. The van der Waals surface area contributed by atoms with E-state index in [1.54, 1.807) is 6.08 Å². The summed E-state index contributed by atoms with van der Waals surface area (Å²) in [6, 6.07) is 17.5. The predicted octanol–water partition coefficient (Wildman–Crippen LogP) is 2.87. The van der Waals surface area contributed by atoms with Gasteiger partial charge in [0, 0.05) is 24.3 Å². The molecule has 0 amide bonds. The van der Waals surface area contributed by atoms with Crippen LogP contribution in [0.15, 0.2) is 65.3 Å². The normalized spacial score (nSPS) is 19.0. The molecule has 0 radical (unpaired) electrons. The lowest BCUT2D eigenvalue weighted by atomic mass is 10.1. The van der Waals surface area contributed by atoms with Gasteiger partial charge in [-0.3, -0.25) is 0 Å². The average Bonchev–Trinajstić information content (AvgIpc) is 3.04. The lowest BCUT2D eigenvalue weighted by Gasteiger charge is -2.28. The number of hydrogen-bond donors (Lipinski definition) is 0. The van der Waals surface area contributed by atoms with Crippen molar-refractivity contribution in [3.8, 4) is 0 Å². The van der Waals surface area contributed by atoms with Crippen LogP contribution in [0.1, 0.15) is 11.1 Å². The van der Waals surface area contributed by atoms with Crippen molar-refractivity contribution in [2.45, 2.75) is 0 Å². The Labute approximate surface area is 146 Å². The van der Waals surface area contributed by atoms with Crippen LogP contribution in [0.4, 0.5) is 5.69 Å². The highest BCUT2D eigenvalue weighted by atomic mass is 16.6. The number of nitrogens with zero attached hydrogens (tertiary/aromatic N) is 2. The standard InChI is InChI=1S/C20H18N2O3/c23-20-18(21-19(25-20)16-4-2-1-3-5-16)14-15-6-8-17(9-7-15)22-10-12-24-13-11-22/h1-9,14H,10-13H2/b18-14-. The van der Waals surface area contributed by atoms with Crippen molar-refractivity contribution in [3.63, 3.8) is 0 Å². The minimum absolute atomic E-state index is 0.318. The maximum absolute atomic E-state index is 12.0. The van der Waals surface area contributed by atoms with Crippen molar-refractivity contribution < 1.29 is 14.3 Å². The van der Waals surface area contributed by atoms with E-state index in [4.69, 9.17) is 9.47 Å². The van der Waals surface area contributed by atoms with Gasteiger partial charge in [0.2, 0.25) is 5.90 Å². The van der Waals surface area contributed by atoms with Crippen molar-refractivity contribution >= 4 is 23.6 Å². The van der Waals surface area contributed by atoms with Crippen LogP contribution in [-0.4, -0.2) is 38.2 Å². The van der Waals surface area contributed by atoms with Gasteiger partial charge in [-0.05, 0) is 35.9 Å². The molecule has 25 heavy (non-hydrogen) atoms. The predicted molar refractivity (Wildman–Crippen MR) is 96.5 cm³/mol. The molecule has 0 spiro atoms. The summed E-state index contributed by atoms with van der Waals surface area (Å²) in [4.78, 5) is 18.7. The van der Waals surface area contributed by atoms with Crippen LogP contribution in [0.5, 0.6) is 0 Å². The van der Waals surface area contributed by atoms with Gasteiger partial charge in [0.15, 0.2) is 5.70 Å². The lowest BCUT2D eigenvalue weighted by Crippen LogP contribution is -2.36. The van der Waals surface area contributed by atoms with Crippen molar-refractivity contribution in [3.05, 3.63) is 71.4 Å². The summed E-state index contributed by atoms with van der Waals surface area (Å²) in [6.45, 7) is 3.32. The smallest absolute Gasteiger partial charge is 0.363 e. The molecule has 5 heteroatoms. The van der Waals surface area contributed by atoms with Crippen molar-refractivity contribution in [1.82, 2.24) is 0 Å². The minimum Gasteiger partial charge on any atom is -0.402 e. The van der Waals surface area contributed by atoms with E-state index in [1.807, 2.05) is 42.5 Å². The second kappa shape index (κ2) is 6.91. The third-order valence-corrected chi connectivity index (χ3v) is 4.21. The largest absolute Gasteiger partial charge is 0.402 e. The van der Waals surface area contributed by atoms with Crippen LogP contribution < -0.4 is 4.90 Å². The highest BCUT2D eigenvalue weighted by Gasteiger charge is 2.23. The number of carbonyl (C=O) groups is 1. The molecule has 5 nitrogen and oxygen atoms in total. The Kier molecular flexibility index (Phi) is 4.31. The quantitative estimate of drug-likeness (QED) is 0.640. The van der Waals surface area contributed by atoms with Gasteiger partial charge in [0.05, 0.1) is 13.2 Å². The zero-order valence-electron chi connectivity index (χ0n) is 13.7. The van der Waals surface area contributed by atoms with Crippen LogP contribution in [0.25, 0.3) is 6.08 Å². The summed E-state index contributed by atoms with van der Waals surface area (Å²) in [5.41, 5.74) is 3.19. The maximum atomic E-state index is 12.0. The number of benzene rings is 2. The maximum Gasteiger partial charge on any atom is 0.363 e. The lowest BCUT2D eigenvalue weighted by molar-refractivity contribution is -0.129. The van der Waals surface area contributed by atoms with E-state index in [9.17, 15) is 4.79 Å². The van der Waals surface area contributed by atoms with Crippen LogP contribution in [0, 0.1) is 0 Å². The molecule has 1 fully saturated rings. The molecule has 0 N–H and O–H groups in total. The number of ether oxygens (including phenoxy) is 2. The van der Waals surface area contributed by atoms with Crippen LogP contribution in [0.3, 0.4) is 0 Å². The first kappa shape index (κ1) is 15.6. The van der Waals surface area contributed by atoms with E-state index < -0.39 is 5.97 Å². The Balaban J connectivity index is 1.54. The fourth-order valence-corrected chi connectivity index (χ4v) is 2.87. The first-order valence-electron chi connectivity index (χ1n) is 8.30. The van der Waals surface area contributed by atoms with Gasteiger partial charge < -0.3 is 14.4 Å². The molecule has 0 bridgehead atoms. The van der Waals surface area contributed by atoms with Gasteiger partial charge in [-0.2, -0.15) is 0 Å². The average molecular weight is 334 g/mol. The Hall–Kier alpha value is -2.92. The molecule has 2 aliphatic heterocycles. The molecule has 4 rings (SSSR count). The van der Waals surface area contributed by atoms with Gasteiger partial charge in [-0.25, -0.2) is 9.79 Å². The number of carbonyl (C=O) groups excluding carboxylic acids is 1. The zero-order chi connectivity index (χ0) is 17.1. The molecule has 0 atom stereocenters. The van der Waals surface area contributed by atoms with Crippen LogP contribution in [-0.2, 0) is 14.3 Å². The summed E-state index contributed by atoms with van der Waals surface area (Å²) >= 11 is 0. The van der Waals surface area contributed by atoms with E-state index in [0.717, 1.165) is 43.1 Å². The van der Waals surface area contributed by atoms with Gasteiger partial charge in [-0.15, -0.1) is 0 Å². The number of anilines is 1. The highest BCUT2D eigenvalue weighted by molar-refractivity contribution is 6.12. The second-order valence-electron chi connectivity index (χ2n) is 5.89. The van der Waals surface area contributed by atoms with Crippen LogP contribution in [0.2, 0.25) is 0 Å². The van der Waals surface area contributed by atoms with Crippen molar-refractivity contribution in [2.75, 3.05) is 31.2 Å². The number of rotatable bonds is 3. The number of aliphatic imine (C=N–C) groups is 1. The molecule has 0 unspecified atom stereocenters. The van der Waals surface area contributed by atoms with E-state index in [0.29, 0.717) is 11.6 Å². The van der Waals surface area contributed by atoms with E-state index >= 15 is 0 Å². The number of hydrogen-bond acceptors (Lipinski definition) is 5. The second-order valence-corrected chi connectivity index (χ2v) is 5.89. The monoisotopic (exact) mass is 334 g/mol. The molecule has 1 saturated heterocycles. The molecule has 2 aromatic rings. The fourth-order valence-electron chi connectivity index (χ4n) is 2.87. The number of cyclic esters (lactones) is 1. The molecule has 2 aromatic carbocycles. The zero-order valence-corrected chi connectivity index (χ0v) is 13.7. The Morgan fingerprint density at radius 1 is 0.960 bits per heavy atom. The van der Waals surface area contributed by atoms with Gasteiger partial charge >= 0.3 is 5.97 Å². The SMILES string of the molecule is O=C1OC(c2ccccc2)=N/C1=C\c1ccc(N2CCOCC2)cc1. The summed E-state index contributed by atoms with van der Waals surface area (Å²) in [5, 5.41) is 0. The number of esters is 1. The van der Waals surface area contributed by atoms with Crippen molar-refractivity contribution in [2.24, 2.45) is 4.99 Å². The fraction of sp³-hybridized carbons (Fsp3) is 0.200. The molecular formula is C20H18N2O3. The van der Waals surface area contributed by atoms with E-state index in [1.165, 1.54) is 0 Å². The molecule has 2 heterocycles. The van der Waals surface area contributed by atoms with E-state index in [-0.39, 0.29) is 0 Å².